The maximum absolute atomic E-state index is 12.8. The molecule has 0 saturated carbocycles. The average Bonchev–Trinajstić information content (AvgIpc) is 3.42. The van der Waals surface area contributed by atoms with Crippen molar-refractivity contribution >= 4 is 50.3 Å². The molecule has 176 valence electrons. The van der Waals surface area contributed by atoms with E-state index in [9.17, 15) is 14.4 Å². The highest BCUT2D eigenvalue weighted by molar-refractivity contribution is 7.21. The standard InChI is InChI=1S/C25H20N4O5S/c1-13-20(25(32)33-2)21(24-28-16-9-5-6-10-18(16)35-24)23(34-13)29-19(30)12-11-17-22(31)27-15-8-4-3-7-14(15)26-17/h3-10H,11-12H2,1-2H3,(H,27,31)(H,29,30). The zero-order valence-electron chi connectivity index (χ0n) is 18.9. The highest BCUT2D eigenvalue weighted by Crippen LogP contribution is 2.40. The Balaban J connectivity index is 1.44. The van der Waals surface area contributed by atoms with E-state index in [1.165, 1.54) is 18.4 Å². The van der Waals surface area contributed by atoms with Crippen LogP contribution in [0.4, 0.5) is 5.88 Å². The fourth-order valence-corrected chi connectivity index (χ4v) is 4.84. The number of aryl methyl sites for hydroxylation is 2. The number of H-pyrrole nitrogens is 1. The number of benzene rings is 2. The third kappa shape index (κ3) is 4.31. The summed E-state index contributed by atoms with van der Waals surface area (Å²) in [6.45, 7) is 1.62. The number of amides is 1. The number of aromatic nitrogens is 3. The number of para-hydroxylation sites is 3. The zero-order valence-corrected chi connectivity index (χ0v) is 19.7. The van der Waals surface area contributed by atoms with Crippen LogP contribution in [0.5, 0.6) is 0 Å². The Morgan fingerprint density at radius 2 is 1.83 bits per heavy atom. The van der Waals surface area contributed by atoms with Crippen molar-refractivity contribution in [2.24, 2.45) is 0 Å². The summed E-state index contributed by atoms with van der Waals surface area (Å²) in [4.78, 5) is 49.5. The summed E-state index contributed by atoms with van der Waals surface area (Å²) in [5.41, 5.74) is 2.53. The molecule has 0 aliphatic rings. The Bertz CT molecular complexity index is 1620. The van der Waals surface area contributed by atoms with Crippen LogP contribution >= 0.6 is 11.3 Å². The summed E-state index contributed by atoms with van der Waals surface area (Å²) in [5.74, 6) is -0.582. The molecule has 0 unspecified atom stereocenters. The molecule has 10 heteroatoms. The van der Waals surface area contributed by atoms with Gasteiger partial charge in [0.2, 0.25) is 11.8 Å². The number of anilines is 1. The lowest BCUT2D eigenvalue weighted by atomic mass is 10.1. The van der Waals surface area contributed by atoms with E-state index in [0.717, 1.165) is 10.2 Å². The van der Waals surface area contributed by atoms with E-state index in [1.807, 2.05) is 36.4 Å². The lowest BCUT2D eigenvalue weighted by Crippen LogP contribution is -2.19. The molecule has 0 fully saturated rings. The number of thiazole rings is 1. The zero-order chi connectivity index (χ0) is 24.5. The van der Waals surface area contributed by atoms with Crippen molar-refractivity contribution in [1.29, 1.82) is 0 Å². The van der Waals surface area contributed by atoms with Crippen LogP contribution < -0.4 is 10.9 Å². The molecule has 5 aromatic rings. The Morgan fingerprint density at radius 3 is 2.60 bits per heavy atom. The van der Waals surface area contributed by atoms with Gasteiger partial charge in [0.25, 0.3) is 5.56 Å². The molecule has 1 amide bonds. The molecule has 0 radical (unpaired) electrons. The van der Waals surface area contributed by atoms with E-state index in [2.05, 4.69) is 20.3 Å². The first-order valence-corrected chi connectivity index (χ1v) is 11.6. The Labute approximate surface area is 202 Å². The van der Waals surface area contributed by atoms with E-state index in [-0.39, 0.29) is 35.5 Å². The minimum Gasteiger partial charge on any atom is -0.465 e. The number of fused-ring (bicyclic) bond motifs is 2. The smallest absolute Gasteiger partial charge is 0.342 e. The van der Waals surface area contributed by atoms with E-state index < -0.39 is 11.9 Å². The van der Waals surface area contributed by atoms with Gasteiger partial charge in [0.15, 0.2) is 0 Å². The summed E-state index contributed by atoms with van der Waals surface area (Å²) >= 11 is 1.37. The van der Waals surface area contributed by atoms with Gasteiger partial charge in [-0.15, -0.1) is 11.3 Å². The van der Waals surface area contributed by atoms with Crippen LogP contribution in [0, 0.1) is 6.92 Å². The number of hydrogen-bond acceptors (Lipinski definition) is 8. The van der Waals surface area contributed by atoms with Crippen molar-refractivity contribution in [3.63, 3.8) is 0 Å². The Kier molecular flexibility index (Phi) is 5.87. The summed E-state index contributed by atoms with van der Waals surface area (Å²) < 4.78 is 11.6. The number of esters is 1. The Morgan fingerprint density at radius 1 is 1.09 bits per heavy atom. The van der Waals surface area contributed by atoms with Gasteiger partial charge in [0, 0.05) is 12.8 Å². The number of furan rings is 1. The number of carbonyl (C=O) groups is 2. The highest BCUT2D eigenvalue weighted by Gasteiger charge is 2.28. The first kappa shape index (κ1) is 22.5. The second-order valence-corrected chi connectivity index (χ2v) is 8.82. The first-order valence-electron chi connectivity index (χ1n) is 10.8. The monoisotopic (exact) mass is 488 g/mol. The fourth-order valence-electron chi connectivity index (χ4n) is 3.82. The first-order chi connectivity index (χ1) is 16.9. The second-order valence-electron chi connectivity index (χ2n) is 7.79. The molecule has 3 heterocycles. The molecule has 0 aliphatic heterocycles. The molecule has 0 aliphatic carbocycles. The van der Waals surface area contributed by atoms with Gasteiger partial charge >= 0.3 is 5.97 Å². The number of rotatable bonds is 6. The molecule has 0 saturated heterocycles. The molecular formula is C25H20N4O5S. The molecule has 5 rings (SSSR count). The van der Waals surface area contributed by atoms with Crippen molar-refractivity contribution < 1.29 is 18.7 Å². The molecule has 0 bridgehead atoms. The molecule has 35 heavy (non-hydrogen) atoms. The van der Waals surface area contributed by atoms with Crippen molar-refractivity contribution in [3.05, 3.63) is 75.9 Å². The van der Waals surface area contributed by atoms with E-state index in [1.54, 1.807) is 19.1 Å². The maximum atomic E-state index is 12.8. The molecule has 0 spiro atoms. The molecular weight excluding hydrogens is 468 g/mol. The Hall–Kier alpha value is -4.31. The minimum atomic E-state index is -0.590. The van der Waals surface area contributed by atoms with E-state index in [4.69, 9.17) is 9.15 Å². The van der Waals surface area contributed by atoms with Gasteiger partial charge in [-0.05, 0) is 31.2 Å². The van der Waals surface area contributed by atoms with Gasteiger partial charge in [0.1, 0.15) is 22.0 Å². The molecule has 9 nitrogen and oxygen atoms in total. The summed E-state index contributed by atoms with van der Waals surface area (Å²) in [7, 11) is 1.28. The highest BCUT2D eigenvalue weighted by atomic mass is 32.1. The summed E-state index contributed by atoms with van der Waals surface area (Å²) in [6, 6.07) is 14.8. The van der Waals surface area contributed by atoms with Crippen LogP contribution in [-0.2, 0) is 16.0 Å². The SMILES string of the molecule is COC(=O)c1c(C)oc(NC(=O)CCc2nc3ccccc3[nH]c2=O)c1-c1nc2ccccc2s1. The number of methoxy groups -OCH3 is 1. The summed E-state index contributed by atoms with van der Waals surface area (Å²) in [6.07, 6.45) is 0.118. The van der Waals surface area contributed by atoms with Crippen LogP contribution in [0.2, 0.25) is 0 Å². The quantitative estimate of drug-likeness (QED) is 0.338. The second kappa shape index (κ2) is 9.15. The van der Waals surface area contributed by atoms with Crippen molar-refractivity contribution in [3.8, 4) is 10.6 Å². The van der Waals surface area contributed by atoms with Crippen molar-refractivity contribution in [2.75, 3.05) is 12.4 Å². The number of hydrogen-bond donors (Lipinski definition) is 2. The van der Waals surface area contributed by atoms with Gasteiger partial charge in [-0.25, -0.2) is 14.8 Å². The molecule has 2 N–H and O–H groups in total. The lowest BCUT2D eigenvalue weighted by Gasteiger charge is -2.05. The topological polar surface area (TPSA) is 127 Å². The van der Waals surface area contributed by atoms with Crippen molar-refractivity contribution in [1.82, 2.24) is 15.0 Å². The molecule has 3 aromatic heterocycles. The predicted molar refractivity (Wildman–Crippen MR) is 133 cm³/mol. The fraction of sp³-hybridized carbons (Fsp3) is 0.160. The van der Waals surface area contributed by atoms with Crippen LogP contribution in [0.1, 0.15) is 28.2 Å². The number of aromatic amines is 1. The number of nitrogens with one attached hydrogen (secondary N) is 2. The summed E-state index contributed by atoms with van der Waals surface area (Å²) in [5, 5.41) is 3.25. The lowest BCUT2D eigenvalue weighted by molar-refractivity contribution is -0.116. The van der Waals surface area contributed by atoms with Crippen molar-refractivity contribution in [2.45, 2.75) is 19.8 Å². The van der Waals surface area contributed by atoms with Gasteiger partial charge in [0.05, 0.1) is 33.9 Å². The number of carbonyl (C=O) groups excluding carboxylic acids is 2. The number of nitrogens with zero attached hydrogens (tertiary/aromatic N) is 2. The van der Waals surface area contributed by atoms with Crippen LogP contribution in [0.15, 0.2) is 57.7 Å². The van der Waals surface area contributed by atoms with Gasteiger partial charge < -0.3 is 14.1 Å². The van der Waals surface area contributed by atoms with Crippen LogP contribution in [0.3, 0.4) is 0 Å². The maximum Gasteiger partial charge on any atom is 0.342 e. The van der Waals surface area contributed by atoms with E-state index in [0.29, 0.717) is 27.4 Å². The predicted octanol–water partition coefficient (Wildman–Crippen LogP) is 4.46. The third-order valence-corrected chi connectivity index (χ3v) is 6.55. The normalized spacial score (nSPS) is 11.1. The van der Waals surface area contributed by atoms with E-state index >= 15 is 0 Å². The average molecular weight is 489 g/mol. The van der Waals surface area contributed by atoms with Crippen LogP contribution in [0.25, 0.3) is 31.8 Å². The molecule has 2 aromatic carbocycles. The van der Waals surface area contributed by atoms with Gasteiger partial charge in [-0.1, -0.05) is 24.3 Å². The largest absolute Gasteiger partial charge is 0.465 e. The van der Waals surface area contributed by atoms with Crippen LogP contribution in [-0.4, -0.2) is 33.9 Å². The van der Waals surface area contributed by atoms with Gasteiger partial charge in [-0.3, -0.25) is 14.9 Å². The van der Waals surface area contributed by atoms with Gasteiger partial charge in [-0.2, -0.15) is 0 Å². The minimum absolute atomic E-state index is 0.0129. The number of ether oxygens (including phenoxy) is 1. The molecule has 0 atom stereocenters. The third-order valence-electron chi connectivity index (χ3n) is 5.49.